The van der Waals surface area contributed by atoms with Crippen LogP contribution in [0.1, 0.15) is 29.3 Å². The van der Waals surface area contributed by atoms with Gasteiger partial charge in [0, 0.05) is 23.7 Å². The van der Waals surface area contributed by atoms with Gasteiger partial charge in [0.05, 0.1) is 0 Å². The van der Waals surface area contributed by atoms with Crippen LogP contribution in [0.3, 0.4) is 0 Å². The first-order valence-corrected chi connectivity index (χ1v) is 7.92. The molecule has 2 rings (SSSR count). The van der Waals surface area contributed by atoms with Gasteiger partial charge in [0.25, 0.3) is 11.8 Å². The molecular formula is C19H18FN3O3. The molecular weight excluding hydrogens is 337 g/mol. The molecule has 0 bridgehead atoms. The van der Waals surface area contributed by atoms with Crippen molar-refractivity contribution in [3.63, 3.8) is 0 Å². The van der Waals surface area contributed by atoms with Gasteiger partial charge in [0.1, 0.15) is 5.82 Å². The van der Waals surface area contributed by atoms with Crippen molar-refractivity contribution in [2.75, 3.05) is 5.32 Å². The van der Waals surface area contributed by atoms with Crippen LogP contribution in [0, 0.1) is 5.82 Å². The Kier molecular flexibility index (Phi) is 6.61. The Hall–Kier alpha value is -3.48. The summed E-state index contributed by atoms with van der Waals surface area (Å²) >= 11 is 0. The minimum atomic E-state index is -0.533. The Morgan fingerprint density at radius 1 is 0.962 bits per heavy atom. The van der Waals surface area contributed by atoms with Crippen LogP contribution in [0.2, 0.25) is 0 Å². The fourth-order valence-corrected chi connectivity index (χ4v) is 1.93. The lowest BCUT2D eigenvalue weighted by atomic mass is 10.2. The van der Waals surface area contributed by atoms with Crippen LogP contribution in [0.4, 0.5) is 10.1 Å². The van der Waals surface area contributed by atoms with Crippen LogP contribution in [0.25, 0.3) is 6.08 Å². The van der Waals surface area contributed by atoms with Crippen LogP contribution >= 0.6 is 0 Å². The smallest absolute Gasteiger partial charge is 0.269 e. The van der Waals surface area contributed by atoms with Crippen LogP contribution in [0.15, 0.2) is 54.6 Å². The molecule has 0 fully saturated rings. The third kappa shape index (κ3) is 5.86. The Morgan fingerprint density at radius 2 is 1.62 bits per heavy atom. The first-order chi connectivity index (χ1) is 12.5. The number of amides is 3. The molecule has 26 heavy (non-hydrogen) atoms. The molecule has 7 heteroatoms. The highest BCUT2D eigenvalue weighted by Crippen LogP contribution is 2.09. The molecule has 0 saturated heterocycles. The van der Waals surface area contributed by atoms with E-state index in [1.807, 2.05) is 0 Å². The number of benzene rings is 2. The molecule has 134 valence electrons. The maximum Gasteiger partial charge on any atom is 0.269 e. The predicted octanol–water partition coefficient (Wildman–Crippen LogP) is 2.65. The monoisotopic (exact) mass is 355 g/mol. The molecule has 2 aromatic rings. The number of hydrogen-bond donors (Lipinski definition) is 3. The molecule has 0 aromatic heterocycles. The number of carbonyl (C=O) groups excluding carboxylic acids is 3. The number of carbonyl (C=O) groups is 3. The normalized spacial score (nSPS) is 10.4. The number of nitrogens with one attached hydrogen (secondary N) is 3. The Bertz CT molecular complexity index is 815. The third-order valence-corrected chi connectivity index (χ3v) is 3.35. The van der Waals surface area contributed by atoms with Crippen molar-refractivity contribution in [1.29, 1.82) is 0 Å². The molecule has 6 nitrogen and oxygen atoms in total. The fraction of sp³-hybridized carbons (Fsp3) is 0.105. The Labute approximate surface area is 150 Å². The maximum atomic E-state index is 12.8. The number of hydrazine groups is 1. The van der Waals surface area contributed by atoms with Crippen LogP contribution in [0.5, 0.6) is 0 Å². The summed E-state index contributed by atoms with van der Waals surface area (Å²) in [6, 6.07) is 11.9. The topological polar surface area (TPSA) is 87.3 Å². The second-order valence-electron chi connectivity index (χ2n) is 5.31. The van der Waals surface area contributed by atoms with E-state index < -0.39 is 11.8 Å². The highest BCUT2D eigenvalue weighted by molar-refractivity contribution is 5.98. The van der Waals surface area contributed by atoms with Crippen molar-refractivity contribution >= 4 is 29.5 Å². The molecule has 2 aromatic carbocycles. The molecule has 0 heterocycles. The van der Waals surface area contributed by atoms with Crippen molar-refractivity contribution in [1.82, 2.24) is 10.9 Å². The average molecular weight is 355 g/mol. The van der Waals surface area contributed by atoms with Crippen molar-refractivity contribution in [3.05, 3.63) is 71.6 Å². The maximum absolute atomic E-state index is 12.8. The van der Waals surface area contributed by atoms with E-state index in [-0.39, 0.29) is 11.7 Å². The summed E-state index contributed by atoms with van der Waals surface area (Å²) in [7, 11) is 0. The van der Waals surface area contributed by atoms with Crippen LogP contribution in [-0.2, 0) is 9.59 Å². The van der Waals surface area contributed by atoms with Gasteiger partial charge >= 0.3 is 0 Å². The average Bonchev–Trinajstić information content (AvgIpc) is 2.66. The second kappa shape index (κ2) is 9.12. The zero-order valence-corrected chi connectivity index (χ0v) is 14.1. The van der Waals surface area contributed by atoms with Gasteiger partial charge in [-0.1, -0.05) is 19.1 Å². The third-order valence-electron chi connectivity index (χ3n) is 3.35. The first-order valence-electron chi connectivity index (χ1n) is 7.92. The second-order valence-corrected chi connectivity index (χ2v) is 5.31. The van der Waals surface area contributed by atoms with E-state index in [2.05, 4.69) is 16.2 Å². The van der Waals surface area contributed by atoms with Gasteiger partial charge in [-0.3, -0.25) is 25.2 Å². The number of halogens is 1. The number of anilines is 1. The summed E-state index contributed by atoms with van der Waals surface area (Å²) < 4.78 is 12.8. The van der Waals surface area contributed by atoms with Gasteiger partial charge in [-0.2, -0.15) is 0 Å². The standard InChI is InChI=1S/C19H18FN3O3/c1-2-17(24)21-16-10-6-14(7-11-16)19(26)23-22-18(25)12-5-13-3-8-15(20)9-4-13/h3-12H,2H2,1H3,(H,21,24)(H,22,25)(H,23,26)/b12-5+. The lowest BCUT2D eigenvalue weighted by molar-refractivity contribution is -0.117. The zero-order valence-electron chi connectivity index (χ0n) is 14.1. The number of hydrogen-bond acceptors (Lipinski definition) is 3. The van der Waals surface area contributed by atoms with Crippen molar-refractivity contribution in [3.8, 4) is 0 Å². The van der Waals surface area contributed by atoms with E-state index in [0.717, 1.165) is 0 Å². The largest absolute Gasteiger partial charge is 0.326 e. The van der Waals surface area contributed by atoms with E-state index in [0.29, 0.717) is 23.2 Å². The van der Waals surface area contributed by atoms with Gasteiger partial charge in [0.15, 0.2) is 0 Å². The molecule has 3 N–H and O–H groups in total. The van der Waals surface area contributed by atoms with E-state index in [9.17, 15) is 18.8 Å². The fourth-order valence-electron chi connectivity index (χ4n) is 1.93. The SMILES string of the molecule is CCC(=O)Nc1ccc(C(=O)NNC(=O)/C=C/c2ccc(F)cc2)cc1. The molecule has 0 atom stereocenters. The summed E-state index contributed by atoms with van der Waals surface area (Å²) in [5.74, 6) is -1.52. The van der Waals surface area contributed by atoms with Gasteiger partial charge < -0.3 is 5.32 Å². The highest BCUT2D eigenvalue weighted by Gasteiger charge is 2.06. The van der Waals surface area contributed by atoms with E-state index in [1.54, 1.807) is 19.1 Å². The minimum Gasteiger partial charge on any atom is -0.326 e. The molecule has 0 saturated carbocycles. The van der Waals surface area contributed by atoms with E-state index >= 15 is 0 Å². The van der Waals surface area contributed by atoms with Crippen molar-refractivity contribution < 1.29 is 18.8 Å². The predicted molar refractivity (Wildman–Crippen MR) is 96.4 cm³/mol. The molecule has 0 spiro atoms. The lowest BCUT2D eigenvalue weighted by Crippen LogP contribution is -2.40. The Balaban J connectivity index is 1.84. The van der Waals surface area contributed by atoms with E-state index in [4.69, 9.17) is 0 Å². The summed E-state index contributed by atoms with van der Waals surface area (Å²) in [4.78, 5) is 35.0. The lowest BCUT2D eigenvalue weighted by Gasteiger charge is -2.07. The summed E-state index contributed by atoms with van der Waals surface area (Å²) in [6.45, 7) is 1.74. The van der Waals surface area contributed by atoms with Gasteiger partial charge in [-0.15, -0.1) is 0 Å². The quantitative estimate of drug-likeness (QED) is 0.569. The van der Waals surface area contributed by atoms with Gasteiger partial charge in [-0.05, 0) is 48.0 Å². The molecule has 0 aliphatic rings. The molecule has 3 amide bonds. The highest BCUT2D eigenvalue weighted by atomic mass is 19.1. The van der Waals surface area contributed by atoms with Gasteiger partial charge in [0.2, 0.25) is 5.91 Å². The molecule has 0 radical (unpaired) electrons. The zero-order chi connectivity index (χ0) is 18.9. The minimum absolute atomic E-state index is 0.123. The number of rotatable bonds is 5. The first kappa shape index (κ1) is 18.9. The van der Waals surface area contributed by atoms with E-state index in [1.165, 1.54) is 48.6 Å². The van der Waals surface area contributed by atoms with Crippen LogP contribution < -0.4 is 16.2 Å². The summed E-state index contributed by atoms with van der Waals surface area (Å²) in [6.07, 6.45) is 3.07. The van der Waals surface area contributed by atoms with Crippen molar-refractivity contribution in [2.24, 2.45) is 0 Å². The van der Waals surface area contributed by atoms with Gasteiger partial charge in [-0.25, -0.2) is 4.39 Å². The van der Waals surface area contributed by atoms with Crippen LogP contribution in [-0.4, -0.2) is 17.7 Å². The summed E-state index contributed by atoms with van der Waals surface area (Å²) in [5.41, 5.74) is 6.08. The Morgan fingerprint density at radius 3 is 2.23 bits per heavy atom. The summed E-state index contributed by atoms with van der Waals surface area (Å²) in [5, 5.41) is 2.67. The van der Waals surface area contributed by atoms with Crippen molar-refractivity contribution in [2.45, 2.75) is 13.3 Å². The molecule has 0 unspecified atom stereocenters. The molecule has 0 aliphatic heterocycles. The molecule has 0 aliphatic carbocycles.